The van der Waals surface area contributed by atoms with Gasteiger partial charge in [0.15, 0.2) is 11.5 Å². The fourth-order valence-electron chi connectivity index (χ4n) is 8.74. The first-order valence-electron chi connectivity index (χ1n) is 12.5. The van der Waals surface area contributed by atoms with Crippen molar-refractivity contribution in [2.45, 2.75) is 75.5 Å². The van der Waals surface area contributed by atoms with Crippen LogP contribution in [-0.2, 0) is 15.0 Å². The van der Waals surface area contributed by atoms with Gasteiger partial charge in [-0.05, 0) is 75.1 Å². The maximum atomic E-state index is 14.1. The number of carbonyl (C=O) groups is 2. The predicted molar refractivity (Wildman–Crippen MR) is 127 cm³/mol. The van der Waals surface area contributed by atoms with Crippen LogP contribution < -0.4 is 14.8 Å². The molecule has 2 amide bonds. The molecule has 0 radical (unpaired) electrons. The van der Waals surface area contributed by atoms with E-state index < -0.39 is 11.0 Å². The summed E-state index contributed by atoms with van der Waals surface area (Å²) < 4.78 is 12.2. The number of hydrogen-bond donors (Lipinski definition) is 1. The number of rotatable bonds is 0. The van der Waals surface area contributed by atoms with Crippen molar-refractivity contribution in [1.29, 1.82) is 0 Å². The van der Waals surface area contributed by atoms with E-state index >= 15 is 0 Å². The highest BCUT2D eigenvalue weighted by Crippen LogP contribution is 2.72. The van der Waals surface area contributed by atoms with Gasteiger partial charge in [-0.25, -0.2) is 0 Å². The number of nitrogens with one attached hydrogen (secondary N) is 1. The lowest BCUT2D eigenvalue weighted by Gasteiger charge is -2.64. The lowest BCUT2D eigenvalue weighted by atomic mass is 9.57. The van der Waals surface area contributed by atoms with Crippen LogP contribution >= 0.6 is 0 Å². The van der Waals surface area contributed by atoms with Crippen LogP contribution in [0.5, 0.6) is 11.5 Å². The van der Waals surface area contributed by atoms with E-state index in [1.165, 1.54) is 0 Å². The van der Waals surface area contributed by atoms with E-state index in [9.17, 15) is 9.59 Å². The minimum Gasteiger partial charge on any atom is -0.480 e. The van der Waals surface area contributed by atoms with Crippen LogP contribution in [0.4, 0.5) is 5.69 Å². The zero-order chi connectivity index (χ0) is 23.9. The molecule has 3 spiro atoms. The van der Waals surface area contributed by atoms with Crippen LogP contribution in [0.25, 0.3) is 0 Å². The highest BCUT2D eigenvalue weighted by molar-refractivity contribution is 6.09. The summed E-state index contributed by atoms with van der Waals surface area (Å²) in [6.07, 6.45) is 7.01. The summed E-state index contributed by atoms with van der Waals surface area (Å²) in [7, 11) is 1.98. The first-order chi connectivity index (χ1) is 16.0. The monoisotopic (exact) mass is 463 g/mol. The molecule has 7 nitrogen and oxygen atoms in total. The molecule has 2 bridgehead atoms. The molecule has 7 aliphatic rings. The smallest absolute Gasteiger partial charge is 0.243 e. The molecule has 5 fully saturated rings. The number of piperidine rings is 2. The fourth-order valence-corrected chi connectivity index (χ4v) is 8.74. The Bertz CT molecular complexity index is 1200. The Morgan fingerprint density at radius 3 is 2.74 bits per heavy atom. The molecule has 8 rings (SSSR count). The maximum absolute atomic E-state index is 14.1. The predicted octanol–water partition coefficient (Wildman–Crippen LogP) is 3.44. The third kappa shape index (κ3) is 2.03. The number of hydrogen-bond acceptors (Lipinski definition) is 5. The van der Waals surface area contributed by atoms with E-state index in [0.717, 1.165) is 43.6 Å². The average Bonchev–Trinajstić information content (AvgIpc) is 3.33. The quantitative estimate of drug-likeness (QED) is 0.638. The average molecular weight is 464 g/mol. The maximum Gasteiger partial charge on any atom is 0.243 e. The number of piperazine rings is 1. The molecular weight excluding hydrogens is 430 g/mol. The Labute approximate surface area is 200 Å². The van der Waals surface area contributed by atoms with E-state index in [1.54, 1.807) is 6.26 Å². The lowest BCUT2D eigenvalue weighted by molar-refractivity contribution is -0.184. The van der Waals surface area contributed by atoms with Gasteiger partial charge >= 0.3 is 0 Å². The second-order valence-corrected chi connectivity index (χ2v) is 12.5. The highest BCUT2D eigenvalue weighted by atomic mass is 16.5. The van der Waals surface area contributed by atoms with Gasteiger partial charge in [0.2, 0.25) is 11.8 Å². The summed E-state index contributed by atoms with van der Waals surface area (Å²) in [5.74, 6) is 1.71. The highest BCUT2D eigenvalue weighted by Gasteiger charge is 2.79. The van der Waals surface area contributed by atoms with Crippen molar-refractivity contribution >= 4 is 17.5 Å². The molecule has 180 valence electrons. The Kier molecular flexibility index (Phi) is 3.55. The fraction of sp³-hybridized carbons (Fsp3) is 0.630. The molecule has 6 heterocycles. The zero-order valence-electron chi connectivity index (χ0n) is 20.7. The van der Waals surface area contributed by atoms with Gasteiger partial charge in [-0.3, -0.25) is 14.5 Å². The van der Waals surface area contributed by atoms with Gasteiger partial charge in [0.1, 0.15) is 11.1 Å². The summed E-state index contributed by atoms with van der Waals surface area (Å²) >= 11 is 0. The number of ether oxygens (including phenoxy) is 2. The Hall–Kier alpha value is -2.54. The first-order valence-corrected chi connectivity index (χ1v) is 12.5. The van der Waals surface area contributed by atoms with Crippen molar-refractivity contribution < 1.29 is 19.1 Å². The van der Waals surface area contributed by atoms with Crippen LogP contribution in [0.15, 0.2) is 24.5 Å². The number of nitrogens with zero attached hydrogens (tertiary/aromatic N) is 2. The third-order valence-corrected chi connectivity index (χ3v) is 10.4. The lowest BCUT2D eigenvalue weighted by Crippen LogP contribution is -2.78. The standard InChI is InChI=1S/C27H33N3O4/c1-23(2)10-12-33-20-17(34-23)8-7-16-19(20)28-21(31)27(16)14-26-15-30-11-6-9-25(30,22(32)29(26)5)13-18(26)24(27,3)4/h7-8,10,12,18H,6,9,11,13-15H2,1-5H3,(H,28,31)/t18-,25-,26+,27?/m0/s1. The van der Waals surface area contributed by atoms with Crippen molar-refractivity contribution in [2.24, 2.45) is 11.3 Å². The number of anilines is 1. The van der Waals surface area contributed by atoms with E-state index in [2.05, 4.69) is 30.1 Å². The minimum absolute atomic E-state index is 0.0164. The molecule has 34 heavy (non-hydrogen) atoms. The molecule has 6 aliphatic heterocycles. The van der Waals surface area contributed by atoms with Gasteiger partial charge in [-0.2, -0.15) is 0 Å². The third-order valence-electron chi connectivity index (χ3n) is 10.4. The van der Waals surface area contributed by atoms with Crippen LogP contribution in [0.2, 0.25) is 0 Å². The Morgan fingerprint density at radius 1 is 1.15 bits per heavy atom. The topological polar surface area (TPSA) is 71.1 Å². The van der Waals surface area contributed by atoms with Crippen LogP contribution in [0.3, 0.4) is 0 Å². The van der Waals surface area contributed by atoms with Crippen LogP contribution in [0, 0.1) is 11.3 Å². The summed E-state index contributed by atoms with van der Waals surface area (Å²) in [5, 5.41) is 3.21. The van der Waals surface area contributed by atoms with Crippen molar-refractivity contribution in [1.82, 2.24) is 9.80 Å². The molecule has 1 aromatic rings. The molecule has 0 aromatic heterocycles. The Balaban J connectivity index is 1.42. The second kappa shape index (κ2) is 5.81. The summed E-state index contributed by atoms with van der Waals surface area (Å²) in [6.45, 7) is 10.3. The molecule has 1 unspecified atom stereocenters. The second-order valence-electron chi connectivity index (χ2n) is 12.5. The van der Waals surface area contributed by atoms with Gasteiger partial charge in [-0.15, -0.1) is 0 Å². The van der Waals surface area contributed by atoms with Gasteiger partial charge in [0.05, 0.1) is 22.9 Å². The van der Waals surface area contributed by atoms with E-state index in [-0.39, 0.29) is 34.2 Å². The van der Waals surface area contributed by atoms with Crippen molar-refractivity contribution in [3.8, 4) is 11.5 Å². The molecule has 1 N–H and O–H groups in total. The SMILES string of the molecule is CN1C(=O)[C@@]23CCCN2C[C@@]12CC1(C(=O)Nc4c1ccc1c4OC=CC(C)(C)O1)C(C)(C)[C@@H]2C3. The molecule has 4 atom stereocenters. The zero-order valence-corrected chi connectivity index (χ0v) is 20.7. The summed E-state index contributed by atoms with van der Waals surface area (Å²) in [6, 6.07) is 4.00. The number of carbonyl (C=O) groups excluding carboxylic acids is 2. The van der Waals surface area contributed by atoms with Crippen LogP contribution in [0.1, 0.15) is 58.9 Å². The summed E-state index contributed by atoms with van der Waals surface area (Å²) in [5.41, 5.74) is -0.627. The van der Waals surface area contributed by atoms with Gasteiger partial charge in [0.25, 0.3) is 0 Å². The minimum atomic E-state index is -0.739. The van der Waals surface area contributed by atoms with Crippen molar-refractivity contribution in [3.05, 3.63) is 30.0 Å². The van der Waals surface area contributed by atoms with Gasteiger partial charge in [0, 0.05) is 13.6 Å². The molecule has 1 saturated carbocycles. The molecule has 4 saturated heterocycles. The van der Waals surface area contributed by atoms with E-state index in [4.69, 9.17) is 9.47 Å². The van der Waals surface area contributed by atoms with Crippen molar-refractivity contribution in [3.63, 3.8) is 0 Å². The number of fused-ring (bicyclic) bond motifs is 5. The van der Waals surface area contributed by atoms with Gasteiger partial charge < -0.3 is 19.7 Å². The molecule has 1 aliphatic carbocycles. The first kappa shape index (κ1) is 20.8. The Morgan fingerprint density at radius 2 is 1.94 bits per heavy atom. The molecule has 1 aromatic carbocycles. The van der Waals surface area contributed by atoms with Gasteiger partial charge in [-0.1, -0.05) is 19.9 Å². The summed E-state index contributed by atoms with van der Waals surface area (Å²) in [4.78, 5) is 32.3. The van der Waals surface area contributed by atoms with Crippen molar-refractivity contribution in [2.75, 3.05) is 25.5 Å². The van der Waals surface area contributed by atoms with E-state index in [1.807, 2.05) is 37.9 Å². The van der Waals surface area contributed by atoms with Crippen LogP contribution in [-0.4, -0.2) is 58.4 Å². The normalized spacial score (nSPS) is 40.3. The molecule has 7 heteroatoms. The molecular formula is C27H33N3O4. The number of amides is 2. The number of likely N-dealkylation sites (N-methyl/N-ethyl adjacent to an activating group) is 1. The largest absolute Gasteiger partial charge is 0.480 e. The number of benzene rings is 1. The van der Waals surface area contributed by atoms with E-state index in [0.29, 0.717) is 17.9 Å².